The zero-order valence-corrected chi connectivity index (χ0v) is 17.2. The van der Waals surface area contributed by atoms with Crippen LogP contribution < -0.4 is 10.1 Å². The van der Waals surface area contributed by atoms with Crippen molar-refractivity contribution in [2.24, 2.45) is 11.0 Å². The van der Waals surface area contributed by atoms with Gasteiger partial charge in [-0.1, -0.05) is 0 Å². The first-order valence-corrected chi connectivity index (χ1v) is 10.3. The van der Waals surface area contributed by atoms with E-state index < -0.39 is 24.4 Å². The molecule has 1 aliphatic rings. The lowest BCUT2D eigenvalue weighted by molar-refractivity contribution is -0.137. The number of hydrogen-bond donors (Lipinski definition) is 1. The summed E-state index contributed by atoms with van der Waals surface area (Å²) in [5, 5.41) is 17.5. The maximum Gasteiger partial charge on any atom is 0.417 e. The molecule has 1 aromatic carbocycles. The van der Waals surface area contributed by atoms with E-state index in [4.69, 9.17) is 5.26 Å². The molecule has 3 rings (SSSR count). The van der Waals surface area contributed by atoms with E-state index >= 15 is 0 Å². The van der Waals surface area contributed by atoms with E-state index in [1.165, 1.54) is 24.3 Å². The smallest absolute Gasteiger partial charge is 0.417 e. The standard InChI is InChI=1S/C20H17F5N4O2S/c21-18(22)31-15-6-4-12(5-7-15)17-13(3-1-2-8-26)10-29(28-17)19(30)27-16-9-14(11-32-16)20(23,24)25/h4-7,9,11,13,18H,1-3,10H2,(H,27,30). The van der Waals surface area contributed by atoms with Gasteiger partial charge in [0.2, 0.25) is 0 Å². The fourth-order valence-electron chi connectivity index (χ4n) is 3.15. The number of anilines is 1. The number of nitrogens with zero attached hydrogens (tertiary/aromatic N) is 3. The number of thiophene rings is 1. The number of unbranched alkanes of at least 4 members (excludes halogenated alkanes) is 1. The Bertz CT molecular complexity index is 1010. The molecule has 2 amide bonds. The van der Waals surface area contributed by atoms with Crippen molar-refractivity contribution < 1.29 is 31.5 Å². The normalized spacial score (nSPS) is 16.1. The minimum absolute atomic E-state index is 0.0282. The monoisotopic (exact) mass is 472 g/mol. The number of hydrogen-bond acceptors (Lipinski definition) is 5. The number of nitrogens with one attached hydrogen (secondary N) is 1. The molecule has 1 atom stereocenters. The van der Waals surface area contributed by atoms with Crippen LogP contribution in [0.25, 0.3) is 0 Å². The summed E-state index contributed by atoms with van der Waals surface area (Å²) in [6.07, 6.45) is -3.10. The molecule has 1 unspecified atom stereocenters. The van der Waals surface area contributed by atoms with E-state index in [0.29, 0.717) is 30.5 Å². The SMILES string of the molecule is N#CCCCC1CN(C(=O)Nc2cc(C(F)(F)F)cs2)N=C1c1ccc(OC(F)F)cc1. The van der Waals surface area contributed by atoms with Crippen molar-refractivity contribution in [1.29, 1.82) is 5.26 Å². The number of carbonyl (C=O) groups is 1. The predicted octanol–water partition coefficient (Wildman–Crippen LogP) is 5.93. The summed E-state index contributed by atoms with van der Waals surface area (Å²) in [4.78, 5) is 12.6. The molecule has 6 nitrogen and oxygen atoms in total. The minimum atomic E-state index is -4.51. The summed E-state index contributed by atoms with van der Waals surface area (Å²) < 4.78 is 67.3. The lowest BCUT2D eigenvalue weighted by Crippen LogP contribution is -2.30. The van der Waals surface area contributed by atoms with Crippen LogP contribution in [0.5, 0.6) is 5.75 Å². The molecule has 1 N–H and O–H groups in total. The molecule has 0 fully saturated rings. The third-order valence-electron chi connectivity index (χ3n) is 4.62. The number of carbonyl (C=O) groups excluding carboxylic acids is 1. The summed E-state index contributed by atoms with van der Waals surface area (Å²) >= 11 is 0.746. The Morgan fingerprint density at radius 2 is 2.06 bits per heavy atom. The molecule has 0 saturated heterocycles. The Balaban J connectivity index is 1.76. The van der Waals surface area contributed by atoms with Crippen LogP contribution >= 0.6 is 11.3 Å². The maximum atomic E-state index is 12.8. The second kappa shape index (κ2) is 9.95. The van der Waals surface area contributed by atoms with Crippen molar-refractivity contribution in [2.45, 2.75) is 32.1 Å². The largest absolute Gasteiger partial charge is 0.435 e. The number of amides is 2. The highest BCUT2D eigenvalue weighted by Gasteiger charge is 2.33. The van der Waals surface area contributed by atoms with Crippen LogP contribution in [0.15, 0.2) is 40.8 Å². The highest BCUT2D eigenvalue weighted by Crippen LogP contribution is 2.35. The van der Waals surface area contributed by atoms with Gasteiger partial charge in [0, 0.05) is 17.7 Å². The molecular formula is C20H17F5N4O2S. The van der Waals surface area contributed by atoms with Crippen LogP contribution in [-0.4, -0.2) is 29.9 Å². The Morgan fingerprint density at radius 1 is 1.34 bits per heavy atom. The van der Waals surface area contributed by atoms with E-state index in [1.54, 1.807) is 0 Å². The molecule has 0 spiro atoms. The third kappa shape index (κ3) is 5.94. The summed E-state index contributed by atoms with van der Waals surface area (Å²) in [6, 6.07) is 7.95. The van der Waals surface area contributed by atoms with E-state index in [1.807, 2.05) is 6.07 Å². The van der Waals surface area contributed by atoms with E-state index in [9.17, 15) is 26.7 Å². The Labute approximate surface area is 183 Å². The van der Waals surface area contributed by atoms with Gasteiger partial charge >= 0.3 is 18.8 Å². The summed E-state index contributed by atoms with van der Waals surface area (Å²) in [6.45, 7) is -2.79. The molecule has 32 heavy (non-hydrogen) atoms. The van der Waals surface area contributed by atoms with Gasteiger partial charge in [0.15, 0.2) is 0 Å². The van der Waals surface area contributed by atoms with Crippen LogP contribution in [0.1, 0.15) is 30.4 Å². The number of rotatable bonds is 7. The summed E-state index contributed by atoms with van der Waals surface area (Å²) in [7, 11) is 0. The first kappa shape index (κ1) is 23.5. The van der Waals surface area contributed by atoms with Gasteiger partial charge in [-0.15, -0.1) is 11.3 Å². The topological polar surface area (TPSA) is 77.7 Å². The molecule has 0 radical (unpaired) electrons. The average Bonchev–Trinajstić information content (AvgIpc) is 3.36. The quantitative estimate of drug-likeness (QED) is 0.401. The second-order valence-corrected chi connectivity index (χ2v) is 7.76. The van der Waals surface area contributed by atoms with E-state index in [0.717, 1.165) is 27.8 Å². The van der Waals surface area contributed by atoms with Crippen LogP contribution in [0.4, 0.5) is 31.7 Å². The highest BCUT2D eigenvalue weighted by atomic mass is 32.1. The number of nitriles is 1. The third-order valence-corrected chi connectivity index (χ3v) is 5.46. The van der Waals surface area contributed by atoms with Crippen molar-refractivity contribution in [3.63, 3.8) is 0 Å². The molecule has 2 aromatic rings. The van der Waals surface area contributed by atoms with Crippen molar-refractivity contribution in [3.8, 4) is 11.8 Å². The van der Waals surface area contributed by atoms with Crippen molar-refractivity contribution >= 4 is 28.1 Å². The summed E-state index contributed by atoms with van der Waals surface area (Å²) in [5.74, 6) is -0.263. The van der Waals surface area contributed by atoms with Gasteiger partial charge in [-0.25, -0.2) is 9.80 Å². The van der Waals surface area contributed by atoms with Gasteiger partial charge in [0.05, 0.1) is 28.9 Å². The molecule has 12 heteroatoms. The van der Waals surface area contributed by atoms with Crippen LogP contribution in [0.2, 0.25) is 0 Å². The van der Waals surface area contributed by atoms with Crippen molar-refractivity contribution in [2.75, 3.05) is 11.9 Å². The molecular weight excluding hydrogens is 455 g/mol. The Hall–Kier alpha value is -3.20. The Morgan fingerprint density at radius 3 is 2.66 bits per heavy atom. The van der Waals surface area contributed by atoms with Gasteiger partial charge < -0.3 is 4.74 Å². The number of halogens is 5. The number of benzene rings is 1. The fourth-order valence-corrected chi connectivity index (χ4v) is 3.95. The van der Waals surface area contributed by atoms with Crippen molar-refractivity contribution in [1.82, 2.24) is 5.01 Å². The molecule has 1 aliphatic heterocycles. The van der Waals surface area contributed by atoms with Gasteiger partial charge in [-0.05, 0) is 48.7 Å². The molecule has 0 saturated carbocycles. The Kier molecular flexibility index (Phi) is 7.29. The lowest BCUT2D eigenvalue weighted by Gasteiger charge is -2.14. The second-order valence-electron chi connectivity index (χ2n) is 6.85. The van der Waals surface area contributed by atoms with E-state index in [2.05, 4.69) is 15.2 Å². The molecule has 1 aromatic heterocycles. The maximum absolute atomic E-state index is 12.8. The summed E-state index contributed by atoms with van der Waals surface area (Å²) in [5.41, 5.74) is 0.243. The number of hydrazone groups is 1. The zero-order valence-electron chi connectivity index (χ0n) is 16.4. The number of ether oxygens (including phenoxy) is 1. The van der Waals surface area contributed by atoms with E-state index in [-0.39, 0.29) is 23.2 Å². The van der Waals surface area contributed by atoms with Gasteiger partial charge in [-0.2, -0.15) is 32.3 Å². The minimum Gasteiger partial charge on any atom is -0.435 e. The van der Waals surface area contributed by atoms with Crippen LogP contribution in [-0.2, 0) is 6.18 Å². The number of alkyl halides is 5. The van der Waals surface area contributed by atoms with Crippen LogP contribution in [0, 0.1) is 17.2 Å². The predicted molar refractivity (Wildman–Crippen MR) is 108 cm³/mol. The van der Waals surface area contributed by atoms with Gasteiger partial charge in [0.1, 0.15) is 5.75 Å². The first-order valence-electron chi connectivity index (χ1n) is 9.42. The van der Waals surface area contributed by atoms with Crippen LogP contribution in [0.3, 0.4) is 0 Å². The number of urea groups is 1. The first-order chi connectivity index (χ1) is 15.2. The lowest BCUT2D eigenvalue weighted by atomic mass is 9.92. The molecule has 2 heterocycles. The molecule has 0 bridgehead atoms. The van der Waals surface area contributed by atoms with Gasteiger partial charge in [-0.3, -0.25) is 5.32 Å². The molecule has 0 aliphatic carbocycles. The highest BCUT2D eigenvalue weighted by molar-refractivity contribution is 7.14. The van der Waals surface area contributed by atoms with Crippen molar-refractivity contribution in [3.05, 3.63) is 46.8 Å². The zero-order chi connectivity index (χ0) is 23.3. The molecule has 170 valence electrons. The fraction of sp³-hybridized carbons (Fsp3) is 0.350. The average molecular weight is 472 g/mol. The van der Waals surface area contributed by atoms with Gasteiger partial charge in [0.25, 0.3) is 0 Å².